The van der Waals surface area contributed by atoms with Crippen molar-refractivity contribution in [1.29, 1.82) is 16.2 Å². The summed E-state index contributed by atoms with van der Waals surface area (Å²) in [4.78, 5) is 25.0. The molecule has 0 saturated carbocycles. The van der Waals surface area contributed by atoms with Gasteiger partial charge in [0.05, 0.1) is 0 Å². The lowest BCUT2D eigenvalue weighted by Gasteiger charge is -1.82. The van der Waals surface area contributed by atoms with E-state index in [0.717, 1.165) is 18.2 Å². The van der Waals surface area contributed by atoms with Crippen LogP contribution in [0, 0.1) is 23.2 Å². The number of isocyanates is 3. The standard InChI is InChI=1S/C7H8.3CHNO.CH4/c1-7-5-3-2-4-6-7;3*2-1-3;/h2-6H,1H3;3*2H;1H4. The molecule has 0 atom stereocenters. The molecule has 0 fully saturated rings. The number of benzene rings is 1. The van der Waals surface area contributed by atoms with Gasteiger partial charge in [-0.05, 0) is 6.92 Å². The molecule has 1 rings (SSSR count). The summed E-state index contributed by atoms with van der Waals surface area (Å²) < 4.78 is 0. The summed E-state index contributed by atoms with van der Waals surface area (Å²) in [5.41, 5.74) is 1.32. The lowest BCUT2D eigenvalue weighted by Crippen LogP contribution is -1.62. The molecule has 1 aromatic carbocycles. The zero-order valence-corrected chi connectivity index (χ0v) is 8.61. The molecule has 0 unspecified atom stereocenters. The molecule has 0 aliphatic carbocycles. The normalized spacial score (nSPS) is 5.00. The van der Waals surface area contributed by atoms with Crippen molar-refractivity contribution in [2.45, 2.75) is 14.4 Å². The van der Waals surface area contributed by atoms with Gasteiger partial charge < -0.3 is 0 Å². The number of carbonyl (C=O) groups excluding carboxylic acids is 3. The molecule has 0 radical (unpaired) electrons. The molecule has 0 heterocycles. The quantitative estimate of drug-likeness (QED) is 0.473. The highest BCUT2D eigenvalue weighted by molar-refractivity contribution is 5.26. The van der Waals surface area contributed by atoms with Gasteiger partial charge in [-0.15, -0.1) is 0 Å². The topological polar surface area (TPSA) is 123 Å². The Morgan fingerprint density at radius 3 is 1.18 bits per heavy atom. The molecule has 0 bridgehead atoms. The molecule has 6 heteroatoms. The average Bonchev–Trinajstić information content (AvgIpc) is 2.22. The Bertz CT molecular complexity index is 317. The van der Waals surface area contributed by atoms with Crippen molar-refractivity contribution in [3.63, 3.8) is 0 Å². The highest BCUT2D eigenvalue weighted by Crippen LogP contribution is 1.92. The number of nitrogens with one attached hydrogen (secondary N) is 3. The van der Waals surface area contributed by atoms with Crippen molar-refractivity contribution in [2.24, 2.45) is 0 Å². The molecule has 1 aromatic rings. The molecule has 3 N–H and O–H groups in total. The fraction of sp³-hybridized carbons (Fsp3) is 0.182. The third-order valence-corrected chi connectivity index (χ3v) is 0.940. The number of rotatable bonds is 0. The van der Waals surface area contributed by atoms with Crippen LogP contribution in [-0.2, 0) is 14.4 Å². The van der Waals surface area contributed by atoms with Crippen molar-refractivity contribution < 1.29 is 14.4 Å². The van der Waals surface area contributed by atoms with Crippen LogP contribution in [0.5, 0.6) is 0 Å². The van der Waals surface area contributed by atoms with Gasteiger partial charge in [0.1, 0.15) is 0 Å². The number of aryl methyl sites for hydroxylation is 1. The van der Waals surface area contributed by atoms with Crippen LogP contribution < -0.4 is 0 Å². The Hall–Kier alpha value is -2.64. The van der Waals surface area contributed by atoms with Gasteiger partial charge in [0, 0.05) is 0 Å². The van der Waals surface area contributed by atoms with Gasteiger partial charge in [-0.1, -0.05) is 43.3 Å². The second kappa shape index (κ2) is 29.2. The minimum Gasteiger partial charge on any atom is -0.222 e. The summed E-state index contributed by atoms with van der Waals surface area (Å²) in [6, 6.07) is 10.3. The van der Waals surface area contributed by atoms with Gasteiger partial charge in [0.2, 0.25) is 18.2 Å². The van der Waals surface area contributed by atoms with E-state index < -0.39 is 0 Å². The SMILES string of the molecule is C.Cc1ccccc1.N=C=O.N=C=O.N=C=O. The fourth-order valence-electron chi connectivity index (χ4n) is 0.534. The summed E-state index contributed by atoms with van der Waals surface area (Å²) >= 11 is 0. The zero-order chi connectivity index (χ0) is 13.2. The van der Waals surface area contributed by atoms with Gasteiger partial charge in [-0.2, -0.15) is 0 Å². The predicted octanol–water partition coefficient (Wildman–Crippen LogP) is 2.33. The average molecular weight is 237 g/mol. The predicted molar refractivity (Wildman–Crippen MR) is 63.1 cm³/mol. The Morgan fingerprint density at radius 2 is 1.06 bits per heavy atom. The summed E-state index contributed by atoms with van der Waals surface area (Å²) in [6.45, 7) is 2.08. The highest BCUT2D eigenvalue weighted by atomic mass is 16.1. The Balaban J connectivity index is -0.0000000734. The maximum absolute atomic E-state index is 8.35. The molecule has 0 aromatic heterocycles. The second-order valence-corrected chi connectivity index (χ2v) is 1.96. The molecule has 6 nitrogen and oxygen atoms in total. The first-order valence-corrected chi connectivity index (χ1v) is 3.77. The van der Waals surface area contributed by atoms with Crippen LogP contribution in [-0.4, -0.2) is 18.2 Å². The monoisotopic (exact) mass is 237 g/mol. The van der Waals surface area contributed by atoms with Gasteiger partial charge in [-0.3, -0.25) is 0 Å². The van der Waals surface area contributed by atoms with Gasteiger partial charge in [0.15, 0.2) is 0 Å². The number of hydrogen-bond acceptors (Lipinski definition) is 6. The highest BCUT2D eigenvalue weighted by Gasteiger charge is 1.72. The molecule has 17 heavy (non-hydrogen) atoms. The fourth-order valence-corrected chi connectivity index (χ4v) is 0.534. The van der Waals surface area contributed by atoms with E-state index in [4.69, 9.17) is 30.6 Å². The van der Waals surface area contributed by atoms with Crippen LogP contribution in [0.2, 0.25) is 0 Å². The smallest absolute Gasteiger partial charge is 0.222 e. The Labute approximate surface area is 99.8 Å². The molecule has 0 saturated heterocycles. The molecule has 0 amide bonds. The van der Waals surface area contributed by atoms with E-state index in [1.54, 1.807) is 0 Å². The molecule has 0 aliphatic rings. The van der Waals surface area contributed by atoms with E-state index in [-0.39, 0.29) is 7.43 Å². The van der Waals surface area contributed by atoms with Crippen LogP contribution in [0.4, 0.5) is 0 Å². The van der Waals surface area contributed by atoms with Gasteiger partial charge >= 0.3 is 0 Å². The third-order valence-electron chi connectivity index (χ3n) is 0.940. The Kier molecular flexibility index (Phi) is 41.0. The van der Waals surface area contributed by atoms with Crippen molar-refractivity contribution in [3.05, 3.63) is 35.9 Å². The summed E-state index contributed by atoms with van der Waals surface area (Å²) in [6.07, 6.45) is 2.25. The second-order valence-electron chi connectivity index (χ2n) is 1.96. The third kappa shape index (κ3) is 60.0. The van der Waals surface area contributed by atoms with Crippen LogP contribution in [0.3, 0.4) is 0 Å². The van der Waals surface area contributed by atoms with Crippen LogP contribution in [0.25, 0.3) is 0 Å². The summed E-state index contributed by atoms with van der Waals surface area (Å²) in [5, 5.41) is 16.2. The van der Waals surface area contributed by atoms with Crippen molar-refractivity contribution in [3.8, 4) is 0 Å². The van der Waals surface area contributed by atoms with E-state index in [2.05, 4.69) is 19.1 Å². The van der Waals surface area contributed by atoms with E-state index in [9.17, 15) is 0 Å². The van der Waals surface area contributed by atoms with E-state index in [1.807, 2.05) is 18.2 Å². The number of hydrogen-bond donors (Lipinski definition) is 3. The van der Waals surface area contributed by atoms with Crippen molar-refractivity contribution in [1.82, 2.24) is 0 Å². The lowest BCUT2D eigenvalue weighted by atomic mass is 10.2. The van der Waals surface area contributed by atoms with Crippen LogP contribution >= 0.6 is 0 Å². The summed E-state index contributed by atoms with van der Waals surface area (Å²) in [5.74, 6) is 0. The van der Waals surface area contributed by atoms with E-state index >= 15 is 0 Å². The zero-order valence-electron chi connectivity index (χ0n) is 8.61. The Morgan fingerprint density at radius 1 is 0.824 bits per heavy atom. The van der Waals surface area contributed by atoms with Gasteiger partial charge in [-0.25, -0.2) is 30.6 Å². The van der Waals surface area contributed by atoms with Crippen molar-refractivity contribution >= 4 is 18.2 Å². The first kappa shape index (κ1) is 23.9. The minimum atomic E-state index is 0. The van der Waals surface area contributed by atoms with Crippen LogP contribution in [0.15, 0.2) is 30.3 Å². The molecule has 0 aliphatic heterocycles. The summed E-state index contributed by atoms with van der Waals surface area (Å²) in [7, 11) is 0. The van der Waals surface area contributed by atoms with Gasteiger partial charge in [0.25, 0.3) is 0 Å². The molecular weight excluding hydrogens is 222 g/mol. The van der Waals surface area contributed by atoms with E-state index in [0.29, 0.717) is 0 Å². The van der Waals surface area contributed by atoms with Crippen molar-refractivity contribution in [2.75, 3.05) is 0 Å². The minimum absolute atomic E-state index is 0. The largest absolute Gasteiger partial charge is 0.231 e. The first-order valence-electron chi connectivity index (χ1n) is 3.77. The first-order chi connectivity index (χ1) is 7.64. The van der Waals surface area contributed by atoms with Crippen LogP contribution in [0.1, 0.15) is 13.0 Å². The molecule has 0 spiro atoms. The van der Waals surface area contributed by atoms with E-state index in [1.165, 1.54) is 5.56 Å². The molecular formula is C11H15N3O3. The maximum atomic E-state index is 8.35. The maximum Gasteiger partial charge on any atom is 0.231 e. The lowest BCUT2D eigenvalue weighted by molar-refractivity contribution is 0.562. The molecule has 92 valence electrons.